The van der Waals surface area contributed by atoms with Crippen LogP contribution in [0, 0.1) is 0 Å². The highest BCUT2D eigenvalue weighted by molar-refractivity contribution is 5.70. The zero-order chi connectivity index (χ0) is 41.4. The number of ether oxygens (including phenoxy) is 4. The summed E-state index contributed by atoms with van der Waals surface area (Å²) in [5.41, 5.74) is 0. The molecule has 2 atom stereocenters. The Balaban J connectivity index is 4.36. The van der Waals surface area contributed by atoms with Crippen molar-refractivity contribution in [2.24, 2.45) is 0 Å². The normalized spacial score (nSPS) is 12.8. The molecule has 0 aromatic heterocycles. The molecule has 0 heterocycles. The number of aliphatic carboxylic acids is 1. The van der Waals surface area contributed by atoms with Crippen LogP contribution in [-0.4, -0.2) is 82.3 Å². The van der Waals surface area contributed by atoms with Crippen LogP contribution in [-0.2, 0) is 33.3 Å². The van der Waals surface area contributed by atoms with Gasteiger partial charge >= 0.3 is 11.9 Å². The molecule has 0 aliphatic rings. The maximum atomic E-state index is 12.8. The van der Waals surface area contributed by atoms with E-state index in [2.05, 4.69) is 13.8 Å². The molecule has 9 heteroatoms. The number of likely N-dealkylation sites (N-methyl/N-ethyl adjacent to an activating group) is 1. The van der Waals surface area contributed by atoms with E-state index in [9.17, 15) is 19.5 Å². The van der Waals surface area contributed by atoms with E-state index in [1.165, 1.54) is 161 Å². The third-order valence-electron chi connectivity index (χ3n) is 10.6. The number of hydrogen-bond acceptors (Lipinski definition) is 8. The van der Waals surface area contributed by atoms with Crippen LogP contribution in [0.4, 0.5) is 0 Å². The minimum atomic E-state index is -1.61. The molecule has 0 aliphatic carbocycles. The van der Waals surface area contributed by atoms with E-state index in [4.69, 9.17) is 18.9 Å². The first kappa shape index (κ1) is 54.3. The minimum absolute atomic E-state index is 0.153. The van der Waals surface area contributed by atoms with E-state index in [-0.39, 0.29) is 32.2 Å². The summed E-state index contributed by atoms with van der Waals surface area (Å²) in [7, 11) is 5.92. The molecule has 0 aliphatic heterocycles. The number of carbonyl (C=O) groups is 3. The molecule has 56 heavy (non-hydrogen) atoms. The lowest BCUT2D eigenvalue weighted by Crippen LogP contribution is -2.44. The fraction of sp³-hybridized carbons (Fsp3) is 0.936. The van der Waals surface area contributed by atoms with E-state index in [0.717, 1.165) is 38.5 Å². The summed E-state index contributed by atoms with van der Waals surface area (Å²) in [4.78, 5) is 37.0. The number of carboxylic acids is 1. The van der Waals surface area contributed by atoms with Gasteiger partial charge in [-0.1, -0.05) is 200 Å². The summed E-state index contributed by atoms with van der Waals surface area (Å²) in [5.74, 6) is -2.26. The van der Waals surface area contributed by atoms with Crippen LogP contribution in [0.2, 0.25) is 0 Å². The molecule has 0 saturated heterocycles. The first-order valence-corrected chi connectivity index (χ1v) is 23.7. The summed E-state index contributed by atoms with van der Waals surface area (Å²) in [5, 5.41) is 11.7. The van der Waals surface area contributed by atoms with Crippen molar-refractivity contribution in [3.63, 3.8) is 0 Å². The van der Waals surface area contributed by atoms with Crippen molar-refractivity contribution in [1.29, 1.82) is 0 Å². The predicted octanol–water partition coefficient (Wildman–Crippen LogP) is 11.2. The Bertz CT molecular complexity index is 892. The molecule has 0 saturated carbocycles. The Morgan fingerprint density at radius 2 is 0.804 bits per heavy atom. The monoisotopic (exact) mass is 798 g/mol. The quantitative estimate of drug-likeness (QED) is 0.0259. The molecule has 9 nitrogen and oxygen atoms in total. The summed E-state index contributed by atoms with van der Waals surface area (Å²) in [6.45, 7) is 4.78. The molecule has 0 rings (SSSR count). The van der Waals surface area contributed by atoms with E-state index >= 15 is 0 Å². The maximum absolute atomic E-state index is 12.8. The fourth-order valence-corrected chi connectivity index (χ4v) is 6.89. The van der Waals surface area contributed by atoms with Gasteiger partial charge in [0, 0.05) is 12.8 Å². The van der Waals surface area contributed by atoms with Crippen LogP contribution >= 0.6 is 0 Å². The van der Waals surface area contributed by atoms with Gasteiger partial charge in [-0.05, 0) is 12.8 Å². The van der Waals surface area contributed by atoms with Crippen molar-refractivity contribution in [3.05, 3.63) is 0 Å². The fourth-order valence-electron chi connectivity index (χ4n) is 6.89. The topological polar surface area (TPSA) is 111 Å². The number of quaternary nitrogens is 1. The van der Waals surface area contributed by atoms with Gasteiger partial charge in [-0.2, -0.15) is 0 Å². The van der Waals surface area contributed by atoms with E-state index in [0.29, 0.717) is 17.4 Å². The van der Waals surface area contributed by atoms with E-state index < -0.39 is 24.3 Å². The molecule has 0 N–H and O–H groups in total. The molecule has 0 aromatic rings. The molecule has 0 radical (unpaired) electrons. The molecule has 2 unspecified atom stereocenters. The summed E-state index contributed by atoms with van der Waals surface area (Å²) in [6, 6.07) is 0. The average molecular weight is 798 g/mol. The van der Waals surface area contributed by atoms with Crippen LogP contribution in [0.5, 0.6) is 0 Å². The van der Waals surface area contributed by atoms with E-state index in [1.807, 2.05) is 21.1 Å². The van der Waals surface area contributed by atoms with Crippen molar-refractivity contribution in [1.82, 2.24) is 0 Å². The third-order valence-corrected chi connectivity index (χ3v) is 10.6. The van der Waals surface area contributed by atoms with Crippen LogP contribution in [0.15, 0.2) is 0 Å². The second kappa shape index (κ2) is 40.1. The number of esters is 2. The second-order valence-electron chi connectivity index (χ2n) is 17.4. The summed E-state index contributed by atoms with van der Waals surface area (Å²) in [6.07, 6.45) is 37.0. The Labute approximate surface area is 345 Å². The van der Waals surface area contributed by atoms with Crippen molar-refractivity contribution in [2.75, 3.05) is 47.5 Å². The highest BCUT2D eigenvalue weighted by atomic mass is 16.7. The molecule has 332 valence electrons. The smallest absolute Gasteiger partial charge is 0.306 e. The van der Waals surface area contributed by atoms with Gasteiger partial charge in [0.15, 0.2) is 12.4 Å². The molecule has 0 fully saturated rings. The van der Waals surface area contributed by atoms with Crippen molar-refractivity contribution in [2.45, 2.75) is 238 Å². The summed E-state index contributed by atoms with van der Waals surface area (Å²) < 4.78 is 22.6. The number of nitrogens with zero attached hydrogens (tertiary/aromatic N) is 1. The van der Waals surface area contributed by atoms with Gasteiger partial charge in [0.05, 0.1) is 40.3 Å². The van der Waals surface area contributed by atoms with Crippen LogP contribution in [0.1, 0.15) is 226 Å². The molecular formula is C47H91NO8. The Kier molecular flexibility index (Phi) is 38.9. The van der Waals surface area contributed by atoms with Gasteiger partial charge in [0.2, 0.25) is 0 Å². The lowest BCUT2D eigenvalue weighted by atomic mass is 10.0. The minimum Gasteiger partial charge on any atom is -0.545 e. The standard InChI is InChI=1S/C47H91NO8/c1-6-8-10-12-14-16-18-20-22-23-24-26-28-30-32-34-36-38-45(50)56-43(42-55-47(46(51)52)53-40-39-48(3,4)5)41-54-44(49)37-35-33-31-29-27-25-21-19-17-15-13-11-9-7-2/h43,47H,6-42H2,1-5H3. The summed E-state index contributed by atoms with van der Waals surface area (Å²) >= 11 is 0. The Hall–Kier alpha value is -1.71. The average Bonchev–Trinajstić information content (AvgIpc) is 3.15. The number of carboxylic acid groups (broad SMARTS) is 1. The number of hydrogen-bond donors (Lipinski definition) is 0. The highest BCUT2D eigenvalue weighted by Gasteiger charge is 2.21. The SMILES string of the molecule is CCCCCCCCCCCCCCCCCCCC(=O)OC(COC(=O)CCCCCCCCCCCCCCCC)COC(OCC[N+](C)(C)C)C(=O)[O-]. The molecule has 0 amide bonds. The second-order valence-corrected chi connectivity index (χ2v) is 17.4. The zero-order valence-electron chi connectivity index (χ0n) is 37.5. The van der Waals surface area contributed by atoms with Gasteiger partial charge in [-0.3, -0.25) is 9.59 Å². The van der Waals surface area contributed by atoms with Gasteiger partial charge in [0.25, 0.3) is 0 Å². The first-order chi connectivity index (χ1) is 27.1. The lowest BCUT2D eigenvalue weighted by Gasteiger charge is -2.26. The molecular weight excluding hydrogens is 707 g/mol. The Morgan fingerprint density at radius 1 is 0.464 bits per heavy atom. The number of unbranched alkanes of at least 4 members (excludes halogenated alkanes) is 29. The Morgan fingerprint density at radius 3 is 1.14 bits per heavy atom. The van der Waals surface area contributed by atoms with Crippen LogP contribution < -0.4 is 5.11 Å². The lowest BCUT2D eigenvalue weighted by molar-refractivity contribution is -0.870. The van der Waals surface area contributed by atoms with Gasteiger partial charge in [-0.15, -0.1) is 0 Å². The molecule has 0 aromatic carbocycles. The van der Waals surface area contributed by atoms with Gasteiger partial charge in [-0.25, -0.2) is 0 Å². The maximum Gasteiger partial charge on any atom is 0.306 e. The number of carbonyl (C=O) groups excluding carboxylic acids is 3. The van der Waals surface area contributed by atoms with Crippen molar-refractivity contribution in [3.8, 4) is 0 Å². The molecule has 0 spiro atoms. The highest BCUT2D eigenvalue weighted by Crippen LogP contribution is 2.16. The van der Waals surface area contributed by atoms with Gasteiger partial charge in [0.1, 0.15) is 13.2 Å². The van der Waals surface area contributed by atoms with Crippen LogP contribution in [0.25, 0.3) is 0 Å². The van der Waals surface area contributed by atoms with Crippen LogP contribution in [0.3, 0.4) is 0 Å². The van der Waals surface area contributed by atoms with Gasteiger partial charge < -0.3 is 33.3 Å². The largest absolute Gasteiger partial charge is 0.545 e. The molecule has 0 bridgehead atoms. The first-order valence-electron chi connectivity index (χ1n) is 23.7. The number of rotatable bonds is 44. The van der Waals surface area contributed by atoms with E-state index in [1.54, 1.807) is 0 Å². The van der Waals surface area contributed by atoms with Crippen molar-refractivity contribution >= 4 is 17.9 Å². The third kappa shape index (κ3) is 40.5. The van der Waals surface area contributed by atoms with Crippen molar-refractivity contribution < 1.29 is 42.9 Å². The zero-order valence-corrected chi connectivity index (χ0v) is 37.5. The predicted molar refractivity (Wildman–Crippen MR) is 228 cm³/mol.